The molecule has 2 aliphatic heterocycles. The summed E-state index contributed by atoms with van der Waals surface area (Å²) in [5.41, 5.74) is 5.56. The van der Waals surface area contributed by atoms with Gasteiger partial charge in [0.2, 0.25) is 0 Å². The molecule has 4 nitrogen and oxygen atoms in total. The highest BCUT2D eigenvalue weighted by atomic mass is 16.5. The number of hydrogen-bond donors (Lipinski definition) is 1. The summed E-state index contributed by atoms with van der Waals surface area (Å²) in [5, 5.41) is 0. The average molecular weight is 227 g/mol. The van der Waals surface area contributed by atoms with E-state index < -0.39 is 0 Å². The molecular formula is C12H21NO3. The van der Waals surface area contributed by atoms with E-state index in [1.54, 1.807) is 6.92 Å². The maximum Gasteiger partial charge on any atom is 0.152 e. The Labute approximate surface area is 96.5 Å². The fraction of sp³-hybridized carbons (Fsp3) is 0.917. The van der Waals surface area contributed by atoms with Crippen molar-refractivity contribution in [3.05, 3.63) is 0 Å². The van der Waals surface area contributed by atoms with Gasteiger partial charge in [-0.25, -0.2) is 0 Å². The molecule has 2 unspecified atom stereocenters. The monoisotopic (exact) mass is 227 g/mol. The molecule has 0 aromatic carbocycles. The van der Waals surface area contributed by atoms with Crippen molar-refractivity contribution in [2.45, 2.75) is 44.2 Å². The van der Waals surface area contributed by atoms with E-state index in [1.165, 1.54) is 0 Å². The van der Waals surface area contributed by atoms with Crippen LogP contribution >= 0.6 is 0 Å². The summed E-state index contributed by atoms with van der Waals surface area (Å²) in [5.74, 6) is 0.279. The van der Waals surface area contributed by atoms with E-state index >= 15 is 0 Å². The second kappa shape index (κ2) is 4.82. The summed E-state index contributed by atoms with van der Waals surface area (Å²) >= 11 is 0. The Balaban J connectivity index is 2.00. The van der Waals surface area contributed by atoms with Gasteiger partial charge in [-0.05, 0) is 32.6 Å². The number of carbonyl (C=O) groups excluding carboxylic acids is 1. The van der Waals surface area contributed by atoms with Gasteiger partial charge in [0, 0.05) is 25.7 Å². The van der Waals surface area contributed by atoms with Crippen LogP contribution in [0.4, 0.5) is 0 Å². The largest absolute Gasteiger partial charge is 0.381 e. The van der Waals surface area contributed by atoms with Gasteiger partial charge >= 0.3 is 0 Å². The number of ketones is 1. The molecule has 0 bridgehead atoms. The van der Waals surface area contributed by atoms with Crippen molar-refractivity contribution in [3.63, 3.8) is 0 Å². The van der Waals surface area contributed by atoms with E-state index in [-0.39, 0.29) is 23.3 Å². The van der Waals surface area contributed by atoms with Crippen molar-refractivity contribution < 1.29 is 14.3 Å². The summed E-state index contributed by atoms with van der Waals surface area (Å²) in [6.45, 7) is 3.95. The summed E-state index contributed by atoms with van der Waals surface area (Å²) in [6.07, 6.45) is 3.48. The van der Waals surface area contributed by atoms with Crippen LogP contribution in [0.15, 0.2) is 0 Å². The van der Waals surface area contributed by atoms with Gasteiger partial charge < -0.3 is 15.2 Å². The van der Waals surface area contributed by atoms with Crippen LogP contribution in [0.1, 0.15) is 32.6 Å². The smallest absolute Gasteiger partial charge is 0.152 e. The number of Topliss-reactive ketones (excluding diaryl/α,β-unsaturated/α-hetero) is 1. The first-order chi connectivity index (χ1) is 7.63. The quantitative estimate of drug-likeness (QED) is 0.760. The van der Waals surface area contributed by atoms with E-state index in [4.69, 9.17) is 15.2 Å². The molecular weight excluding hydrogens is 206 g/mol. The second-order valence-corrected chi connectivity index (χ2v) is 5.02. The van der Waals surface area contributed by atoms with Gasteiger partial charge in [0.1, 0.15) is 0 Å². The van der Waals surface area contributed by atoms with E-state index in [2.05, 4.69) is 0 Å². The maximum absolute atomic E-state index is 11.9. The third kappa shape index (κ3) is 2.44. The lowest BCUT2D eigenvalue weighted by molar-refractivity contribution is -0.157. The Hall–Kier alpha value is -0.450. The third-order valence-electron chi connectivity index (χ3n) is 3.75. The minimum absolute atomic E-state index is 0.0897. The van der Waals surface area contributed by atoms with E-state index in [0.29, 0.717) is 6.61 Å². The molecule has 0 aliphatic carbocycles. The van der Waals surface area contributed by atoms with Crippen molar-refractivity contribution in [3.8, 4) is 0 Å². The molecule has 0 saturated carbocycles. The molecule has 0 aromatic rings. The van der Waals surface area contributed by atoms with Gasteiger partial charge in [0.05, 0.1) is 11.6 Å². The fourth-order valence-corrected chi connectivity index (χ4v) is 2.73. The van der Waals surface area contributed by atoms with Gasteiger partial charge in [-0.3, -0.25) is 4.79 Å². The summed E-state index contributed by atoms with van der Waals surface area (Å²) in [6, 6.07) is -0.347. The standard InChI is InChI=1S/C12H21NO3/c1-9(13)11(14)10-2-5-16-12(8-10)3-6-15-7-4-12/h9-10H,2-8,13H2,1H3. The Bertz CT molecular complexity index is 253. The SMILES string of the molecule is CC(N)C(=O)C1CCOC2(CCOCC2)C1. The lowest BCUT2D eigenvalue weighted by Crippen LogP contribution is -2.48. The van der Waals surface area contributed by atoms with Crippen LogP contribution in [0.25, 0.3) is 0 Å². The second-order valence-electron chi connectivity index (χ2n) is 5.02. The Kier molecular flexibility index (Phi) is 3.62. The number of rotatable bonds is 2. The summed E-state index contributed by atoms with van der Waals surface area (Å²) in [7, 11) is 0. The minimum Gasteiger partial charge on any atom is -0.381 e. The van der Waals surface area contributed by atoms with Gasteiger partial charge in [0.25, 0.3) is 0 Å². The van der Waals surface area contributed by atoms with Crippen LogP contribution in [0.2, 0.25) is 0 Å². The van der Waals surface area contributed by atoms with Crippen molar-refractivity contribution in [1.29, 1.82) is 0 Å². The molecule has 2 aliphatic rings. The lowest BCUT2D eigenvalue weighted by atomic mass is 9.78. The molecule has 0 aromatic heterocycles. The maximum atomic E-state index is 11.9. The van der Waals surface area contributed by atoms with Gasteiger partial charge in [-0.2, -0.15) is 0 Å². The molecule has 2 N–H and O–H groups in total. The normalized spacial score (nSPS) is 31.2. The topological polar surface area (TPSA) is 61.6 Å². The van der Waals surface area contributed by atoms with E-state index in [1.807, 2.05) is 0 Å². The van der Waals surface area contributed by atoms with Gasteiger partial charge in [-0.15, -0.1) is 0 Å². The van der Waals surface area contributed by atoms with Crippen LogP contribution in [-0.2, 0) is 14.3 Å². The molecule has 2 atom stereocenters. The first-order valence-corrected chi connectivity index (χ1v) is 6.14. The molecule has 4 heteroatoms. The number of hydrogen-bond acceptors (Lipinski definition) is 4. The van der Waals surface area contributed by atoms with Crippen molar-refractivity contribution in [1.82, 2.24) is 0 Å². The zero-order valence-corrected chi connectivity index (χ0v) is 9.91. The highest BCUT2D eigenvalue weighted by Gasteiger charge is 2.41. The number of nitrogens with two attached hydrogens (primary N) is 1. The summed E-state index contributed by atoms with van der Waals surface area (Å²) < 4.78 is 11.2. The minimum atomic E-state index is -0.347. The first-order valence-electron chi connectivity index (χ1n) is 6.14. The molecule has 16 heavy (non-hydrogen) atoms. The number of carbonyl (C=O) groups is 1. The molecule has 0 amide bonds. The lowest BCUT2D eigenvalue weighted by Gasteiger charge is -2.43. The van der Waals surface area contributed by atoms with E-state index in [0.717, 1.165) is 38.9 Å². The predicted molar refractivity (Wildman–Crippen MR) is 60.1 cm³/mol. The predicted octanol–water partition coefficient (Wildman–Crippen LogP) is 0.878. The van der Waals surface area contributed by atoms with Crippen LogP contribution in [0.3, 0.4) is 0 Å². The molecule has 92 valence electrons. The van der Waals surface area contributed by atoms with Gasteiger partial charge in [0.15, 0.2) is 5.78 Å². The van der Waals surface area contributed by atoms with E-state index in [9.17, 15) is 4.79 Å². The van der Waals surface area contributed by atoms with Crippen LogP contribution in [0, 0.1) is 5.92 Å². The summed E-state index contributed by atoms with van der Waals surface area (Å²) in [4.78, 5) is 11.9. The molecule has 1 spiro atoms. The van der Waals surface area contributed by atoms with Crippen LogP contribution in [-0.4, -0.2) is 37.2 Å². The molecule has 2 rings (SSSR count). The fourth-order valence-electron chi connectivity index (χ4n) is 2.73. The van der Waals surface area contributed by atoms with Crippen molar-refractivity contribution >= 4 is 5.78 Å². The molecule has 2 heterocycles. The van der Waals surface area contributed by atoms with Crippen molar-refractivity contribution in [2.75, 3.05) is 19.8 Å². The number of ether oxygens (including phenoxy) is 2. The zero-order chi connectivity index (χ0) is 11.6. The van der Waals surface area contributed by atoms with Gasteiger partial charge in [-0.1, -0.05) is 0 Å². The molecule has 2 fully saturated rings. The Morgan fingerprint density at radius 1 is 1.38 bits per heavy atom. The molecule has 2 saturated heterocycles. The highest BCUT2D eigenvalue weighted by Crippen LogP contribution is 2.37. The Morgan fingerprint density at radius 3 is 2.69 bits per heavy atom. The molecule has 0 radical (unpaired) electrons. The third-order valence-corrected chi connectivity index (χ3v) is 3.75. The highest BCUT2D eigenvalue weighted by molar-refractivity contribution is 5.85. The Morgan fingerprint density at radius 2 is 2.06 bits per heavy atom. The van der Waals surface area contributed by atoms with Crippen LogP contribution < -0.4 is 5.73 Å². The van der Waals surface area contributed by atoms with Crippen molar-refractivity contribution in [2.24, 2.45) is 11.7 Å². The first kappa shape index (κ1) is 12.0. The zero-order valence-electron chi connectivity index (χ0n) is 9.91. The van der Waals surface area contributed by atoms with Crippen LogP contribution in [0.5, 0.6) is 0 Å². The average Bonchev–Trinajstić information content (AvgIpc) is 2.29.